The van der Waals surface area contributed by atoms with Gasteiger partial charge in [-0.25, -0.2) is 4.39 Å². The summed E-state index contributed by atoms with van der Waals surface area (Å²) in [6.45, 7) is -0.0265. The molecule has 1 aliphatic heterocycles. The van der Waals surface area contributed by atoms with E-state index >= 15 is 0 Å². The zero-order valence-corrected chi connectivity index (χ0v) is 14.7. The molecule has 0 aromatic heterocycles. The number of benzene rings is 2. The number of carbonyl (C=O) groups is 1. The Balaban J connectivity index is 1.70. The summed E-state index contributed by atoms with van der Waals surface area (Å²) in [5.41, 5.74) is 0.652. The highest BCUT2D eigenvalue weighted by Crippen LogP contribution is 2.33. The Hall–Kier alpha value is -1.82. The van der Waals surface area contributed by atoms with Gasteiger partial charge in [-0.05, 0) is 36.2 Å². The largest absolute Gasteiger partial charge is 0.484 e. The number of likely N-dealkylation sites (tertiary alicyclic amines) is 1. The first-order valence-corrected chi connectivity index (χ1v) is 8.50. The number of rotatable bonds is 4. The number of carbonyl (C=O) groups excluding carboxylic acids is 1. The van der Waals surface area contributed by atoms with E-state index in [0.29, 0.717) is 27.8 Å². The van der Waals surface area contributed by atoms with Crippen LogP contribution in [0.3, 0.4) is 0 Å². The van der Waals surface area contributed by atoms with E-state index in [4.69, 9.17) is 27.9 Å². The van der Waals surface area contributed by atoms with E-state index < -0.39 is 6.10 Å². The van der Waals surface area contributed by atoms with Crippen LogP contribution in [0.2, 0.25) is 10.0 Å². The molecule has 3 rings (SSSR count). The van der Waals surface area contributed by atoms with E-state index in [9.17, 15) is 14.3 Å². The molecule has 1 N–H and O–H groups in total. The van der Waals surface area contributed by atoms with Crippen LogP contribution in [0.4, 0.5) is 4.39 Å². The van der Waals surface area contributed by atoms with E-state index in [-0.39, 0.29) is 30.9 Å². The van der Waals surface area contributed by atoms with Crippen molar-refractivity contribution in [2.45, 2.75) is 18.6 Å². The van der Waals surface area contributed by atoms with Gasteiger partial charge < -0.3 is 14.7 Å². The van der Waals surface area contributed by atoms with Gasteiger partial charge in [0.25, 0.3) is 5.91 Å². The molecule has 0 aliphatic carbocycles. The molecule has 0 saturated carbocycles. The number of nitrogens with zero attached hydrogens (tertiary/aromatic N) is 1. The number of hydrogen-bond acceptors (Lipinski definition) is 3. The van der Waals surface area contributed by atoms with Gasteiger partial charge in [-0.2, -0.15) is 0 Å². The normalized spacial score (nSPS) is 19.9. The van der Waals surface area contributed by atoms with Crippen molar-refractivity contribution in [3.05, 3.63) is 63.9 Å². The Morgan fingerprint density at radius 1 is 1.24 bits per heavy atom. The van der Waals surface area contributed by atoms with E-state index in [0.717, 1.165) is 0 Å². The monoisotopic (exact) mass is 383 g/mol. The maximum atomic E-state index is 13.5. The quantitative estimate of drug-likeness (QED) is 0.872. The number of aliphatic hydroxyl groups is 1. The van der Waals surface area contributed by atoms with Crippen LogP contribution in [-0.4, -0.2) is 35.2 Å². The number of halogens is 3. The molecule has 0 unspecified atom stereocenters. The summed E-state index contributed by atoms with van der Waals surface area (Å²) in [6.07, 6.45) is -0.288. The maximum Gasteiger partial charge on any atom is 0.261 e. The van der Waals surface area contributed by atoms with Crippen LogP contribution in [-0.2, 0) is 4.79 Å². The zero-order valence-electron chi connectivity index (χ0n) is 13.2. The molecule has 1 aliphatic rings. The van der Waals surface area contributed by atoms with Gasteiger partial charge in [-0.1, -0.05) is 35.3 Å². The molecule has 1 amide bonds. The third-order valence-electron chi connectivity index (χ3n) is 4.09. The Labute approximate surface area is 154 Å². The van der Waals surface area contributed by atoms with Crippen LogP contribution in [0.1, 0.15) is 18.0 Å². The molecule has 0 bridgehead atoms. The van der Waals surface area contributed by atoms with Crippen LogP contribution in [0.15, 0.2) is 42.5 Å². The first-order chi connectivity index (χ1) is 11.9. The van der Waals surface area contributed by atoms with Crippen molar-refractivity contribution in [2.24, 2.45) is 0 Å². The molecule has 1 fully saturated rings. The first kappa shape index (κ1) is 18.0. The van der Waals surface area contributed by atoms with Crippen LogP contribution < -0.4 is 4.74 Å². The molecule has 0 radical (unpaired) electrons. The first-order valence-electron chi connectivity index (χ1n) is 7.75. The molecule has 1 heterocycles. The molecule has 4 nitrogen and oxygen atoms in total. The van der Waals surface area contributed by atoms with Crippen LogP contribution in [0.25, 0.3) is 0 Å². The Kier molecular flexibility index (Phi) is 5.47. The average molecular weight is 384 g/mol. The highest BCUT2D eigenvalue weighted by atomic mass is 35.5. The van der Waals surface area contributed by atoms with Gasteiger partial charge in [-0.15, -0.1) is 0 Å². The van der Waals surface area contributed by atoms with Gasteiger partial charge in [0.05, 0.1) is 22.2 Å². The van der Waals surface area contributed by atoms with E-state index in [2.05, 4.69) is 0 Å². The number of amides is 1. The highest BCUT2D eigenvalue weighted by molar-refractivity contribution is 6.42. The molecule has 25 heavy (non-hydrogen) atoms. The second kappa shape index (κ2) is 7.60. The fourth-order valence-electron chi connectivity index (χ4n) is 2.91. The minimum atomic E-state index is -0.651. The van der Waals surface area contributed by atoms with Crippen molar-refractivity contribution in [1.82, 2.24) is 4.90 Å². The minimum absolute atomic E-state index is 0.185. The lowest BCUT2D eigenvalue weighted by molar-refractivity contribution is -0.134. The van der Waals surface area contributed by atoms with Crippen LogP contribution >= 0.6 is 23.2 Å². The average Bonchev–Trinajstić information content (AvgIpc) is 2.98. The summed E-state index contributed by atoms with van der Waals surface area (Å²) in [5.74, 6) is -0.250. The minimum Gasteiger partial charge on any atom is -0.484 e. The molecule has 132 valence electrons. The van der Waals surface area contributed by atoms with Crippen LogP contribution in [0.5, 0.6) is 5.75 Å². The predicted molar refractivity (Wildman–Crippen MR) is 93.4 cm³/mol. The maximum absolute atomic E-state index is 13.5. The topological polar surface area (TPSA) is 49.8 Å². The molecule has 2 aromatic rings. The number of aliphatic hydroxyl groups excluding tert-OH is 1. The molecular weight excluding hydrogens is 368 g/mol. The number of ether oxygens (including phenoxy) is 1. The fraction of sp³-hybridized carbons (Fsp3) is 0.278. The SMILES string of the molecule is O=C(COc1ccc(Cl)c(Cl)c1)N1C[C@@H](O)C[C@@H]1c1cccc(F)c1. The van der Waals surface area contributed by atoms with Crippen molar-refractivity contribution in [3.8, 4) is 5.75 Å². The molecule has 0 spiro atoms. The van der Waals surface area contributed by atoms with Gasteiger partial charge in [0.2, 0.25) is 0 Å². The highest BCUT2D eigenvalue weighted by Gasteiger charge is 2.35. The van der Waals surface area contributed by atoms with Gasteiger partial charge in [0.1, 0.15) is 11.6 Å². The molecule has 2 atom stereocenters. The smallest absolute Gasteiger partial charge is 0.261 e. The van der Waals surface area contributed by atoms with Crippen LogP contribution in [0, 0.1) is 5.82 Å². The van der Waals surface area contributed by atoms with Crippen molar-refractivity contribution in [2.75, 3.05) is 13.2 Å². The van der Waals surface area contributed by atoms with E-state index in [1.165, 1.54) is 23.1 Å². The van der Waals surface area contributed by atoms with E-state index in [1.807, 2.05) is 0 Å². The molecule has 1 saturated heterocycles. The van der Waals surface area contributed by atoms with Gasteiger partial charge in [-0.3, -0.25) is 4.79 Å². The Morgan fingerprint density at radius 2 is 2.04 bits per heavy atom. The second-order valence-corrected chi connectivity index (χ2v) is 6.69. The second-order valence-electron chi connectivity index (χ2n) is 5.87. The lowest BCUT2D eigenvalue weighted by Crippen LogP contribution is -2.35. The number of hydrogen-bond donors (Lipinski definition) is 1. The summed E-state index contributed by atoms with van der Waals surface area (Å²) in [5, 5.41) is 10.7. The van der Waals surface area contributed by atoms with Gasteiger partial charge in [0, 0.05) is 12.6 Å². The van der Waals surface area contributed by atoms with Crippen molar-refractivity contribution >= 4 is 29.1 Å². The summed E-state index contributed by atoms with van der Waals surface area (Å²) >= 11 is 11.8. The summed E-state index contributed by atoms with van der Waals surface area (Å²) in [4.78, 5) is 14.0. The molecule has 2 aromatic carbocycles. The Morgan fingerprint density at radius 3 is 2.76 bits per heavy atom. The molecule has 7 heteroatoms. The van der Waals surface area contributed by atoms with Gasteiger partial charge >= 0.3 is 0 Å². The fourth-order valence-corrected chi connectivity index (χ4v) is 3.20. The van der Waals surface area contributed by atoms with Crippen molar-refractivity contribution in [3.63, 3.8) is 0 Å². The Bertz CT molecular complexity index is 787. The standard InChI is InChI=1S/C18H16Cl2FNO3/c19-15-5-4-14(8-16(15)20)25-10-18(24)22-9-13(23)7-17(22)11-2-1-3-12(21)6-11/h1-6,8,13,17,23H,7,9-10H2/t13-,17+/m0/s1. The zero-order chi connectivity index (χ0) is 18.0. The lowest BCUT2D eigenvalue weighted by Gasteiger charge is -2.25. The summed E-state index contributed by atoms with van der Waals surface area (Å²) < 4.78 is 18.9. The van der Waals surface area contributed by atoms with Crippen molar-refractivity contribution < 1.29 is 19.0 Å². The third kappa shape index (κ3) is 4.24. The molecular formula is C18H16Cl2FNO3. The predicted octanol–water partition coefficient (Wildman–Crippen LogP) is 3.85. The van der Waals surface area contributed by atoms with E-state index in [1.54, 1.807) is 24.3 Å². The summed E-state index contributed by atoms with van der Waals surface area (Å²) in [7, 11) is 0. The van der Waals surface area contributed by atoms with Crippen molar-refractivity contribution in [1.29, 1.82) is 0 Å². The number of β-amino-alcohol motifs (C(OH)–C–C–N with tert-alkyl or cyclic N) is 1. The third-order valence-corrected chi connectivity index (χ3v) is 4.83. The summed E-state index contributed by atoms with van der Waals surface area (Å²) in [6, 6.07) is 10.4. The lowest BCUT2D eigenvalue weighted by atomic mass is 10.0. The van der Waals surface area contributed by atoms with Gasteiger partial charge in [0.15, 0.2) is 6.61 Å².